The van der Waals surface area contributed by atoms with Crippen molar-refractivity contribution in [3.63, 3.8) is 0 Å². The molecule has 0 aromatic carbocycles. The molecule has 0 unspecified atom stereocenters. The minimum absolute atomic E-state index is 0.156. The average Bonchev–Trinajstić information content (AvgIpc) is 3.10. The number of fused-ring (bicyclic) bond motifs is 1. The van der Waals surface area contributed by atoms with E-state index in [-0.39, 0.29) is 24.7 Å². The first-order chi connectivity index (χ1) is 14.6. The normalized spacial score (nSPS) is 15.9. The highest BCUT2D eigenvalue weighted by molar-refractivity contribution is 7.88. The lowest BCUT2D eigenvalue weighted by Crippen LogP contribution is -2.52. The van der Waals surface area contributed by atoms with E-state index in [1.54, 1.807) is 18.2 Å². The third-order valence-corrected chi connectivity index (χ3v) is 6.68. The van der Waals surface area contributed by atoms with Crippen LogP contribution in [0.1, 0.15) is 5.56 Å². The number of carbonyl (C=O) groups is 1. The van der Waals surface area contributed by atoms with Crippen molar-refractivity contribution >= 4 is 44.4 Å². The second kappa shape index (κ2) is 8.13. The number of pyridine rings is 2. The van der Waals surface area contributed by atoms with Crippen molar-refractivity contribution in [2.45, 2.75) is 12.8 Å². The third-order valence-electron chi connectivity index (χ3n) is 5.04. The van der Waals surface area contributed by atoms with Gasteiger partial charge in [-0.2, -0.15) is 4.31 Å². The van der Waals surface area contributed by atoms with Gasteiger partial charge in [-0.3, -0.25) is 9.69 Å². The maximum atomic E-state index is 12.9. The Morgan fingerprint density at radius 2 is 2.06 bits per heavy atom. The fourth-order valence-electron chi connectivity index (χ4n) is 3.53. The summed E-state index contributed by atoms with van der Waals surface area (Å²) >= 11 is 6.54. The van der Waals surface area contributed by atoms with Crippen LogP contribution in [-0.4, -0.2) is 65.9 Å². The molecule has 0 atom stereocenters. The molecule has 1 aliphatic heterocycles. The molecule has 0 radical (unpaired) electrons. The number of halogens is 3. The SMILES string of the molecule is CS(=O)(=O)N1CCN(c2cccc(-c3cnc4[nH]cc(CC(F)F)c4c3Cl)n2)C(=O)C1. The lowest BCUT2D eigenvalue weighted by Gasteiger charge is -2.32. The summed E-state index contributed by atoms with van der Waals surface area (Å²) < 4.78 is 50.3. The summed E-state index contributed by atoms with van der Waals surface area (Å²) in [5.74, 6) is -0.0560. The molecule has 1 aliphatic rings. The highest BCUT2D eigenvalue weighted by Gasteiger charge is 2.30. The number of hydrogen-bond donors (Lipinski definition) is 1. The number of carbonyl (C=O) groups excluding carboxylic acids is 1. The third kappa shape index (κ3) is 4.25. The second-order valence-electron chi connectivity index (χ2n) is 7.14. The molecule has 0 spiro atoms. The number of anilines is 1. The van der Waals surface area contributed by atoms with Gasteiger partial charge in [0.1, 0.15) is 11.5 Å². The topological polar surface area (TPSA) is 99.3 Å². The van der Waals surface area contributed by atoms with Gasteiger partial charge >= 0.3 is 0 Å². The number of hydrogen-bond acceptors (Lipinski definition) is 5. The molecule has 8 nitrogen and oxygen atoms in total. The van der Waals surface area contributed by atoms with Crippen molar-refractivity contribution in [1.29, 1.82) is 0 Å². The van der Waals surface area contributed by atoms with Gasteiger partial charge in [-0.15, -0.1) is 0 Å². The van der Waals surface area contributed by atoms with Gasteiger partial charge in [0.2, 0.25) is 22.4 Å². The Hall–Kier alpha value is -2.63. The maximum absolute atomic E-state index is 12.9. The van der Waals surface area contributed by atoms with Crippen molar-refractivity contribution in [3.05, 3.63) is 41.2 Å². The standard InChI is InChI=1S/C19H18ClF2N5O3S/c1-31(29,30)26-5-6-27(16(28)10-26)15-4-2-3-13(25-15)12-9-24-19-17(18(12)20)11(8-23-19)7-14(21)22/h2-4,8-9,14H,5-7,10H2,1H3,(H,23,24). The smallest absolute Gasteiger partial charge is 0.243 e. The molecule has 0 saturated carbocycles. The number of alkyl halides is 2. The van der Waals surface area contributed by atoms with Crippen LogP contribution in [-0.2, 0) is 21.2 Å². The Labute approximate surface area is 181 Å². The van der Waals surface area contributed by atoms with Gasteiger partial charge in [-0.05, 0) is 17.7 Å². The summed E-state index contributed by atoms with van der Waals surface area (Å²) in [7, 11) is -3.47. The van der Waals surface area contributed by atoms with Crippen LogP contribution in [0.5, 0.6) is 0 Å². The van der Waals surface area contributed by atoms with E-state index in [9.17, 15) is 22.0 Å². The van der Waals surface area contributed by atoms with Crippen LogP contribution in [0.15, 0.2) is 30.6 Å². The Morgan fingerprint density at radius 3 is 2.74 bits per heavy atom. The van der Waals surface area contributed by atoms with Gasteiger partial charge in [0.25, 0.3) is 0 Å². The van der Waals surface area contributed by atoms with Crippen molar-refractivity contribution in [3.8, 4) is 11.3 Å². The largest absolute Gasteiger partial charge is 0.346 e. The van der Waals surface area contributed by atoms with Gasteiger partial charge in [-0.25, -0.2) is 27.2 Å². The predicted octanol–water partition coefficient (Wildman–Crippen LogP) is 2.69. The zero-order valence-electron chi connectivity index (χ0n) is 16.3. The van der Waals surface area contributed by atoms with Crippen molar-refractivity contribution in [2.24, 2.45) is 0 Å². The monoisotopic (exact) mass is 469 g/mol. The maximum Gasteiger partial charge on any atom is 0.243 e. The molecule has 3 aromatic heterocycles. The zero-order valence-corrected chi connectivity index (χ0v) is 17.9. The highest BCUT2D eigenvalue weighted by atomic mass is 35.5. The number of nitrogens with one attached hydrogen (secondary N) is 1. The summed E-state index contributed by atoms with van der Waals surface area (Å²) in [4.78, 5) is 25.5. The molecule has 0 bridgehead atoms. The van der Waals surface area contributed by atoms with Crippen LogP contribution in [0.2, 0.25) is 5.02 Å². The van der Waals surface area contributed by atoms with E-state index < -0.39 is 28.8 Å². The Morgan fingerprint density at radius 1 is 1.29 bits per heavy atom. The predicted molar refractivity (Wildman–Crippen MR) is 113 cm³/mol. The molecule has 1 saturated heterocycles. The van der Waals surface area contributed by atoms with Gasteiger partial charge in [-0.1, -0.05) is 17.7 Å². The summed E-state index contributed by atoms with van der Waals surface area (Å²) in [6, 6.07) is 5.00. The number of H-pyrrole nitrogens is 1. The number of nitrogens with zero attached hydrogens (tertiary/aromatic N) is 4. The summed E-state index contributed by atoms with van der Waals surface area (Å²) in [5.41, 5.74) is 1.60. The molecule has 0 aliphatic carbocycles. The van der Waals surface area contributed by atoms with Crippen molar-refractivity contribution < 1.29 is 22.0 Å². The van der Waals surface area contributed by atoms with Gasteiger partial charge < -0.3 is 4.98 Å². The van der Waals surface area contributed by atoms with E-state index >= 15 is 0 Å². The number of amides is 1. The molecule has 1 fully saturated rings. The fourth-order valence-corrected chi connectivity index (χ4v) is 4.64. The van der Waals surface area contributed by atoms with E-state index in [1.807, 2.05) is 0 Å². The van der Waals surface area contributed by atoms with Crippen molar-refractivity contribution in [1.82, 2.24) is 19.3 Å². The Kier molecular flexibility index (Phi) is 5.67. The first kappa shape index (κ1) is 21.6. The molecule has 12 heteroatoms. The number of piperazine rings is 1. The minimum atomic E-state index is -3.47. The number of sulfonamides is 1. The number of rotatable bonds is 5. The van der Waals surface area contributed by atoms with E-state index in [1.165, 1.54) is 17.3 Å². The lowest BCUT2D eigenvalue weighted by molar-refractivity contribution is -0.120. The highest BCUT2D eigenvalue weighted by Crippen LogP contribution is 2.35. The second-order valence-corrected chi connectivity index (χ2v) is 9.50. The lowest BCUT2D eigenvalue weighted by atomic mass is 10.1. The van der Waals surface area contributed by atoms with E-state index in [2.05, 4.69) is 15.0 Å². The first-order valence-corrected chi connectivity index (χ1v) is 11.5. The summed E-state index contributed by atoms with van der Waals surface area (Å²) in [6.45, 7) is 0.0498. The minimum Gasteiger partial charge on any atom is -0.346 e. The molecule has 1 N–H and O–H groups in total. The molecular formula is C19H18ClF2N5O3S. The Balaban J connectivity index is 1.68. The number of aromatic amines is 1. The quantitative estimate of drug-likeness (QED) is 0.619. The Bertz CT molecular complexity index is 1260. The molecule has 164 valence electrons. The average molecular weight is 470 g/mol. The van der Waals surface area contributed by atoms with Crippen LogP contribution in [0.25, 0.3) is 22.3 Å². The van der Waals surface area contributed by atoms with Crippen LogP contribution < -0.4 is 4.90 Å². The number of aromatic nitrogens is 3. The van der Waals surface area contributed by atoms with E-state index in [4.69, 9.17) is 11.6 Å². The van der Waals surface area contributed by atoms with Crippen LogP contribution in [0.4, 0.5) is 14.6 Å². The first-order valence-electron chi connectivity index (χ1n) is 9.30. The van der Waals surface area contributed by atoms with Crippen LogP contribution in [0, 0.1) is 0 Å². The van der Waals surface area contributed by atoms with Crippen molar-refractivity contribution in [2.75, 3.05) is 30.8 Å². The fraction of sp³-hybridized carbons (Fsp3) is 0.316. The van der Waals surface area contributed by atoms with Crippen LogP contribution in [0.3, 0.4) is 0 Å². The van der Waals surface area contributed by atoms with E-state index in [0.717, 1.165) is 10.6 Å². The molecular weight excluding hydrogens is 452 g/mol. The molecule has 4 rings (SSSR count). The molecule has 3 aromatic rings. The zero-order chi connectivity index (χ0) is 22.3. The van der Waals surface area contributed by atoms with Gasteiger partial charge in [0.05, 0.1) is 23.5 Å². The molecule has 31 heavy (non-hydrogen) atoms. The summed E-state index contributed by atoms with van der Waals surface area (Å²) in [5, 5.41) is 0.643. The van der Waals surface area contributed by atoms with E-state index in [0.29, 0.717) is 33.7 Å². The van der Waals surface area contributed by atoms with Gasteiger partial charge in [0.15, 0.2) is 0 Å². The summed E-state index contributed by atoms with van der Waals surface area (Å²) in [6.07, 6.45) is 1.02. The molecule has 1 amide bonds. The van der Waals surface area contributed by atoms with Crippen LogP contribution >= 0.6 is 11.6 Å². The van der Waals surface area contributed by atoms with Gasteiger partial charge in [0, 0.05) is 42.9 Å². The molecule has 4 heterocycles.